The van der Waals surface area contributed by atoms with E-state index < -0.39 is 16.6 Å². The highest BCUT2D eigenvalue weighted by molar-refractivity contribution is 7.89. The molecule has 0 fully saturated rings. The predicted molar refractivity (Wildman–Crippen MR) is 80.6 cm³/mol. The maximum Gasteiger partial charge on any atom is 0.319 e. The summed E-state index contributed by atoms with van der Waals surface area (Å²) in [5.41, 5.74) is 2.23. The van der Waals surface area contributed by atoms with Crippen molar-refractivity contribution in [3.05, 3.63) is 47.5 Å². The number of aromatic nitrogens is 2. The Balaban J connectivity index is 1.86. The van der Waals surface area contributed by atoms with Gasteiger partial charge in [-0.2, -0.15) is 13.1 Å². The molecular formula is C15H17F2N3O2S. The standard InChI is InChI=1S/C15H17F2N3O2S/c1-19(10-14-18-7-8-20(14)15(16)17)23(21,22)13-6-5-11-3-2-4-12(11)9-13/h5-9,15H,2-4,10H2,1H3. The second-order valence-electron chi connectivity index (χ2n) is 5.57. The Kier molecular flexibility index (Phi) is 4.20. The molecule has 2 aromatic rings. The SMILES string of the molecule is CN(Cc1nccn1C(F)F)S(=O)(=O)c1ccc2c(c1)CCC2. The number of halogens is 2. The first-order valence-corrected chi connectivity index (χ1v) is 8.71. The van der Waals surface area contributed by atoms with Crippen LogP contribution in [-0.4, -0.2) is 29.3 Å². The minimum absolute atomic E-state index is 0.00670. The molecule has 1 aromatic heterocycles. The maximum atomic E-state index is 12.8. The minimum Gasteiger partial charge on any atom is -0.277 e. The van der Waals surface area contributed by atoms with Crippen LogP contribution in [0.25, 0.3) is 0 Å². The zero-order chi connectivity index (χ0) is 16.6. The number of hydrogen-bond donors (Lipinski definition) is 0. The molecule has 0 spiro atoms. The van der Waals surface area contributed by atoms with Crippen molar-refractivity contribution in [1.82, 2.24) is 13.9 Å². The fraction of sp³-hybridized carbons (Fsp3) is 0.400. The van der Waals surface area contributed by atoms with Crippen molar-refractivity contribution in [2.45, 2.75) is 37.3 Å². The highest BCUT2D eigenvalue weighted by atomic mass is 32.2. The first-order valence-electron chi connectivity index (χ1n) is 7.27. The smallest absolute Gasteiger partial charge is 0.277 e. The molecule has 0 unspecified atom stereocenters. The number of hydrogen-bond acceptors (Lipinski definition) is 3. The molecule has 0 saturated carbocycles. The zero-order valence-corrected chi connectivity index (χ0v) is 13.4. The molecule has 8 heteroatoms. The van der Waals surface area contributed by atoms with Gasteiger partial charge in [-0.05, 0) is 42.5 Å². The van der Waals surface area contributed by atoms with Gasteiger partial charge in [0, 0.05) is 19.4 Å². The predicted octanol–water partition coefficient (Wildman–Crippen LogP) is 2.59. The van der Waals surface area contributed by atoms with Crippen molar-refractivity contribution in [1.29, 1.82) is 0 Å². The maximum absolute atomic E-state index is 12.8. The molecule has 1 aromatic carbocycles. The van der Waals surface area contributed by atoms with E-state index >= 15 is 0 Å². The molecule has 1 heterocycles. The molecular weight excluding hydrogens is 324 g/mol. The molecule has 0 radical (unpaired) electrons. The molecule has 124 valence electrons. The highest BCUT2D eigenvalue weighted by Crippen LogP contribution is 2.26. The summed E-state index contributed by atoms with van der Waals surface area (Å²) in [4.78, 5) is 4.01. The van der Waals surface area contributed by atoms with Gasteiger partial charge < -0.3 is 0 Å². The fourth-order valence-corrected chi connectivity index (χ4v) is 3.99. The Morgan fingerprint density at radius 1 is 1.30 bits per heavy atom. The lowest BCUT2D eigenvalue weighted by molar-refractivity contribution is 0.0658. The fourth-order valence-electron chi connectivity index (χ4n) is 2.82. The molecule has 1 aliphatic rings. The van der Waals surface area contributed by atoms with Gasteiger partial charge in [-0.25, -0.2) is 13.4 Å². The van der Waals surface area contributed by atoms with Crippen molar-refractivity contribution >= 4 is 10.0 Å². The average molecular weight is 341 g/mol. The van der Waals surface area contributed by atoms with Crippen molar-refractivity contribution in [3.63, 3.8) is 0 Å². The lowest BCUT2D eigenvalue weighted by Gasteiger charge is -2.18. The van der Waals surface area contributed by atoms with E-state index in [1.807, 2.05) is 6.07 Å². The van der Waals surface area contributed by atoms with Crippen LogP contribution < -0.4 is 0 Å². The summed E-state index contributed by atoms with van der Waals surface area (Å²) in [5.74, 6) is 0.00670. The van der Waals surface area contributed by atoms with Gasteiger partial charge in [0.2, 0.25) is 10.0 Å². The number of aryl methyl sites for hydroxylation is 2. The Hall–Kier alpha value is -1.80. The van der Waals surface area contributed by atoms with Crippen molar-refractivity contribution in [3.8, 4) is 0 Å². The largest absolute Gasteiger partial charge is 0.319 e. The summed E-state index contributed by atoms with van der Waals surface area (Å²) in [6, 6.07) is 5.10. The van der Waals surface area contributed by atoms with Crippen LogP contribution in [-0.2, 0) is 29.4 Å². The van der Waals surface area contributed by atoms with E-state index in [4.69, 9.17) is 0 Å². The summed E-state index contributed by atoms with van der Waals surface area (Å²) >= 11 is 0. The Bertz CT molecular complexity index is 818. The average Bonchev–Trinajstić information content (AvgIpc) is 3.14. The van der Waals surface area contributed by atoms with Crippen molar-refractivity contribution < 1.29 is 17.2 Å². The lowest BCUT2D eigenvalue weighted by atomic mass is 10.1. The van der Waals surface area contributed by atoms with Crippen LogP contribution in [0.15, 0.2) is 35.5 Å². The van der Waals surface area contributed by atoms with E-state index in [2.05, 4.69) is 4.98 Å². The molecule has 0 aliphatic heterocycles. The van der Waals surface area contributed by atoms with Crippen molar-refractivity contribution in [2.24, 2.45) is 0 Å². The van der Waals surface area contributed by atoms with E-state index in [0.29, 0.717) is 4.57 Å². The van der Waals surface area contributed by atoms with Gasteiger partial charge in [-0.15, -0.1) is 0 Å². The first kappa shape index (κ1) is 16.1. The molecule has 3 rings (SSSR count). The summed E-state index contributed by atoms with van der Waals surface area (Å²) in [5, 5.41) is 0. The van der Waals surface area contributed by atoms with Gasteiger partial charge in [0.1, 0.15) is 5.82 Å². The van der Waals surface area contributed by atoms with Gasteiger partial charge in [0.15, 0.2) is 0 Å². The van der Waals surface area contributed by atoms with E-state index in [0.717, 1.165) is 35.3 Å². The van der Waals surface area contributed by atoms with Gasteiger partial charge >= 0.3 is 6.55 Å². The van der Waals surface area contributed by atoms with Gasteiger partial charge in [0.05, 0.1) is 11.4 Å². The molecule has 0 bridgehead atoms. The second kappa shape index (κ2) is 6.01. The van der Waals surface area contributed by atoms with Crippen LogP contribution in [0.3, 0.4) is 0 Å². The minimum atomic E-state index is -3.74. The topological polar surface area (TPSA) is 55.2 Å². The van der Waals surface area contributed by atoms with Gasteiger partial charge in [-0.3, -0.25) is 4.57 Å². The molecule has 0 amide bonds. The number of sulfonamides is 1. The van der Waals surface area contributed by atoms with Crippen LogP contribution >= 0.6 is 0 Å². The van der Waals surface area contributed by atoms with E-state index in [1.165, 1.54) is 18.8 Å². The van der Waals surface area contributed by atoms with E-state index in [9.17, 15) is 17.2 Å². The monoisotopic (exact) mass is 341 g/mol. The lowest BCUT2D eigenvalue weighted by Crippen LogP contribution is -2.28. The highest BCUT2D eigenvalue weighted by Gasteiger charge is 2.25. The summed E-state index contributed by atoms with van der Waals surface area (Å²) in [7, 11) is -2.38. The zero-order valence-electron chi connectivity index (χ0n) is 12.6. The number of benzene rings is 1. The van der Waals surface area contributed by atoms with Crippen LogP contribution in [0, 0.1) is 0 Å². The quantitative estimate of drug-likeness (QED) is 0.840. The Morgan fingerprint density at radius 2 is 2.04 bits per heavy atom. The van der Waals surface area contributed by atoms with Crippen LogP contribution in [0.2, 0.25) is 0 Å². The van der Waals surface area contributed by atoms with Gasteiger partial charge in [-0.1, -0.05) is 6.07 Å². The Labute approximate surface area is 133 Å². The third kappa shape index (κ3) is 3.00. The molecule has 0 atom stereocenters. The summed E-state index contributed by atoms with van der Waals surface area (Å²) in [6.45, 7) is -2.96. The van der Waals surface area contributed by atoms with E-state index in [1.54, 1.807) is 12.1 Å². The number of rotatable bonds is 5. The van der Waals surface area contributed by atoms with Crippen LogP contribution in [0.5, 0.6) is 0 Å². The van der Waals surface area contributed by atoms with Gasteiger partial charge in [0.25, 0.3) is 0 Å². The summed E-state index contributed by atoms with van der Waals surface area (Å²) in [6.07, 6.45) is 5.24. The number of imidazole rings is 1. The van der Waals surface area contributed by atoms with E-state index in [-0.39, 0.29) is 17.3 Å². The number of fused-ring (bicyclic) bond motifs is 1. The molecule has 5 nitrogen and oxygen atoms in total. The number of alkyl halides is 2. The normalized spacial score (nSPS) is 14.7. The first-order chi connectivity index (χ1) is 10.9. The molecule has 1 aliphatic carbocycles. The molecule has 23 heavy (non-hydrogen) atoms. The Morgan fingerprint density at radius 3 is 2.78 bits per heavy atom. The molecule has 0 saturated heterocycles. The van der Waals surface area contributed by atoms with Crippen LogP contribution in [0.4, 0.5) is 8.78 Å². The third-order valence-electron chi connectivity index (χ3n) is 4.10. The third-order valence-corrected chi connectivity index (χ3v) is 5.90. The van der Waals surface area contributed by atoms with Crippen LogP contribution in [0.1, 0.15) is 29.9 Å². The summed E-state index contributed by atoms with van der Waals surface area (Å²) < 4.78 is 52.7. The van der Waals surface area contributed by atoms with Crippen molar-refractivity contribution in [2.75, 3.05) is 7.05 Å². The molecule has 0 N–H and O–H groups in total. The second-order valence-corrected chi connectivity index (χ2v) is 7.62. The number of nitrogens with zero attached hydrogens (tertiary/aromatic N) is 3.